The summed E-state index contributed by atoms with van der Waals surface area (Å²) in [5.74, 6) is -1.74. The van der Waals surface area contributed by atoms with Crippen LogP contribution < -0.4 is 15.5 Å². The molecular weight excluding hydrogens is 618 g/mol. The first-order chi connectivity index (χ1) is 21.3. The number of amides is 3. The number of nitrogens with zero attached hydrogens (tertiary/aromatic N) is 2. The number of piperidine rings is 1. The average Bonchev–Trinajstić information content (AvgIpc) is 3.25. The second-order valence-corrected chi connectivity index (χ2v) is 13.8. The highest BCUT2D eigenvalue weighted by atomic mass is 35.5. The van der Waals surface area contributed by atoms with Crippen molar-refractivity contribution in [2.45, 2.75) is 57.1 Å². The van der Waals surface area contributed by atoms with Crippen LogP contribution in [0.15, 0.2) is 54.6 Å². The van der Waals surface area contributed by atoms with E-state index in [0.29, 0.717) is 53.0 Å². The summed E-state index contributed by atoms with van der Waals surface area (Å²) in [5.41, 5.74) is 2.03. The molecule has 3 atom stereocenters. The van der Waals surface area contributed by atoms with Crippen molar-refractivity contribution in [3.05, 3.63) is 92.7 Å². The van der Waals surface area contributed by atoms with Crippen molar-refractivity contribution in [2.75, 3.05) is 36.4 Å². The molecule has 6 rings (SSSR count). The number of fused-ring (bicyclic) bond motifs is 2. The first-order valence-corrected chi connectivity index (χ1v) is 15.7. The third-order valence-corrected chi connectivity index (χ3v) is 9.41. The Morgan fingerprint density at radius 3 is 2.36 bits per heavy atom. The fourth-order valence-corrected chi connectivity index (χ4v) is 7.34. The van der Waals surface area contributed by atoms with Crippen LogP contribution in [-0.4, -0.2) is 54.6 Å². The minimum Gasteiger partial charge on any atom is -0.444 e. The van der Waals surface area contributed by atoms with Gasteiger partial charge in [-0.3, -0.25) is 9.59 Å². The Labute approximate surface area is 271 Å². The zero-order chi connectivity index (χ0) is 32.3. The molecule has 3 aromatic carbocycles. The molecule has 0 bridgehead atoms. The van der Waals surface area contributed by atoms with Gasteiger partial charge < -0.3 is 25.2 Å². The van der Waals surface area contributed by atoms with E-state index in [-0.39, 0.29) is 24.3 Å². The number of nitrogens with one attached hydrogen (secondary N) is 2. The van der Waals surface area contributed by atoms with Crippen molar-refractivity contribution >= 4 is 52.5 Å². The van der Waals surface area contributed by atoms with Crippen molar-refractivity contribution in [3.8, 4) is 0 Å². The van der Waals surface area contributed by atoms with Gasteiger partial charge in [-0.25, -0.2) is 9.18 Å². The molecule has 0 saturated carbocycles. The highest BCUT2D eigenvalue weighted by Gasteiger charge is 2.62. The summed E-state index contributed by atoms with van der Waals surface area (Å²) >= 11 is 13.0. The molecule has 2 fully saturated rings. The SMILES string of the molecule is Cc1ccc(F)cc1C1NC(=O)CC(c2cc(Cl)ccc2N2CCN(C(=O)OC(C)(C)C)CC2)C12C(=O)Nc1cc(Cl)ccc12. The van der Waals surface area contributed by atoms with Crippen LogP contribution in [0.1, 0.15) is 61.4 Å². The van der Waals surface area contributed by atoms with Crippen LogP contribution >= 0.6 is 23.2 Å². The molecule has 3 aliphatic rings. The number of carbonyl (C=O) groups excluding carboxylic acids is 3. The second kappa shape index (κ2) is 11.5. The van der Waals surface area contributed by atoms with Gasteiger partial charge in [-0.05, 0) is 92.4 Å². The molecule has 2 N–H and O–H groups in total. The quantitative estimate of drug-likeness (QED) is 0.327. The number of aryl methyl sites for hydroxylation is 1. The van der Waals surface area contributed by atoms with Crippen LogP contribution in [0.4, 0.5) is 20.6 Å². The van der Waals surface area contributed by atoms with Crippen LogP contribution in [0.3, 0.4) is 0 Å². The maximum absolute atomic E-state index is 14.8. The van der Waals surface area contributed by atoms with Crippen molar-refractivity contribution in [1.82, 2.24) is 10.2 Å². The fourth-order valence-electron chi connectivity index (χ4n) is 6.99. The molecule has 3 unspecified atom stereocenters. The summed E-state index contributed by atoms with van der Waals surface area (Å²) in [4.78, 5) is 44.7. The standard InChI is InChI=1S/C34H35Cl2FN4O4/c1-19-5-8-22(37)17-23(19)30-34(25-9-6-21(36)16-27(25)38-31(34)43)26(18-29(42)39-30)24-15-20(35)7-10-28(24)40-11-13-41(14-12-40)32(44)45-33(2,3)4/h5-10,15-17,26,30H,11-14,18H2,1-4H3,(H,38,43)(H,39,42). The van der Waals surface area contributed by atoms with Gasteiger partial charge >= 0.3 is 6.09 Å². The average molecular weight is 654 g/mol. The lowest BCUT2D eigenvalue weighted by atomic mass is 9.58. The first-order valence-electron chi connectivity index (χ1n) is 15.0. The minimum absolute atomic E-state index is 0.00837. The maximum Gasteiger partial charge on any atom is 0.410 e. The van der Waals surface area contributed by atoms with Gasteiger partial charge in [-0.1, -0.05) is 35.3 Å². The van der Waals surface area contributed by atoms with E-state index in [4.69, 9.17) is 27.9 Å². The Morgan fingerprint density at radius 2 is 1.64 bits per heavy atom. The molecule has 0 aromatic heterocycles. The first kappa shape index (κ1) is 31.2. The summed E-state index contributed by atoms with van der Waals surface area (Å²) in [7, 11) is 0. The van der Waals surface area contributed by atoms with Crippen LogP contribution in [0, 0.1) is 12.7 Å². The molecule has 11 heteroatoms. The lowest BCUT2D eigenvalue weighted by Crippen LogP contribution is -2.57. The maximum atomic E-state index is 14.8. The van der Waals surface area contributed by atoms with E-state index in [1.54, 1.807) is 29.2 Å². The Morgan fingerprint density at radius 1 is 0.956 bits per heavy atom. The normalized spacial score (nSPS) is 23.1. The number of halogens is 3. The van der Waals surface area contributed by atoms with Crippen molar-refractivity contribution in [2.24, 2.45) is 0 Å². The Hall–Kier alpha value is -3.82. The van der Waals surface area contributed by atoms with Gasteiger partial charge in [0.05, 0.1) is 6.04 Å². The summed E-state index contributed by atoms with van der Waals surface area (Å²) in [6, 6.07) is 14.2. The summed E-state index contributed by atoms with van der Waals surface area (Å²) in [6.07, 6.45) is -0.376. The van der Waals surface area contributed by atoms with Gasteiger partial charge in [-0.2, -0.15) is 0 Å². The minimum atomic E-state index is -1.36. The molecule has 236 valence electrons. The molecule has 45 heavy (non-hydrogen) atoms. The highest BCUT2D eigenvalue weighted by molar-refractivity contribution is 6.31. The second-order valence-electron chi connectivity index (χ2n) is 12.9. The molecule has 2 saturated heterocycles. The number of hydrogen-bond donors (Lipinski definition) is 2. The van der Waals surface area contributed by atoms with E-state index in [1.165, 1.54) is 12.1 Å². The van der Waals surface area contributed by atoms with Crippen LogP contribution in [-0.2, 0) is 19.7 Å². The lowest BCUT2D eigenvalue weighted by molar-refractivity contribution is -0.131. The molecule has 0 radical (unpaired) electrons. The topological polar surface area (TPSA) is 91.0 Å². The zero-order valence-electron chi connectivity index (χ0n) is 25.5. The monoisotopic (exact) mass is 652 g/mol. The largest absolute Gasteiger partial charge is 0.444 e. The molecule has 3 aromatic rings. The number of ether oxygens (including phenoxy) is 1. The molecule has 3 amide bonds. The van der Waals surface area contributed by atoms with Crippen molar-refractivity contribution in [3.63, 3.8) is 0 Å². The number of rotatable bonds is 3. The number of carbonyl (C=O) groups is 3. The summed E-state index contributed by atoms with van der Waals surface area (Å²) in [5, 5.41) is 7.00. The molecule has 1 spiro atoms. The van der Waals surface area contributed by atoms with E-state index in [9.17, 15) is 18.8 Å². The third-order valence-electron chi connectivity index (χ3n) is 8.94. The number of piperazine rings is 1. The Bertz CT molecular complexity index is 1700. The summed E-state index contributed by atoms with van der Waals surface area (Å²) < 4.78 is 20.4. The van der Waals surface area contributed by atoms with E-state index < -0.39 is 28.8 Å². The predicted octanol–water partition coefficient (Wildman–Crippen LogP) is 6.73. The van der Waals surface area contributed by atoms with E-state index in [0.717, 1.165) is 16.8 Å². The number of hydrogen-bond acceptors (Lipinski definition) is 5. The van der Waals surface area contributed by atoms with Gasteiger partial charge in [0.25, 0.3) is 0 Å². The van der Waals surface area contributed by atoms with Gasteiger partial charge in [0.1, 0.15) is 16.8 Å². The van der Waals surface area contributed by atoms with Gasteiger partial charge in [0, 0.05) is 59.9 Å². The number of anilines is 2. The van der Waals surface area contributed by atoms with Crippen molar-refractivity contribution < 1.29 is 23.5 Å². The molecule has 3 heterocycles. The lowest BCUT2D eigenvalue weighted by Gasteiger charge is -2.48. The molecular formula is C34H35Cl2FN4O4. The number of benzene rings is 3. The zero-order valence-corrected chi connectivity index (χ0v) is 27.1. The predicted molar refractivity (Wildman–Crippen MR) is 173 cm³/mol. The smallest absolute Gasteiger partial charge is 0.410 e. The molecule has 0 aliphatic carbocycles. The third kappa shape index (κ3) is 5.61. The Balaban J connectivity index is 1.48. The van der Waals surface area contributed by atoms with Crippen LogP contribution in [0.5, 0.6) is 0 Å². The van der Waals surface area contributed by atoms with Gasteiger partial charge in [-0.15, -0.1) is 0 Å². The fraction of sp³-hybridized carbons (Fsp3) is 0.382. The van der Waals surface area contributed by atoms with Crippen molar-refractivity contribution in [1.29, 1.82) is 0 Å². The highest BCUT2D eigenvalue weighted by Crippen LogP contribution is 2.59. The molecule has 3 aliphatic heterocycles. The van der Waals surface area contributed by atoms with Gasteiger partial charge in [0.2, 0.25) is 11.8 Å². The molecule has 8 nitrogen and oxygen atoms in total. The van der Waals surface area contributed by atoms with Gasteiger partial charge in [0.15, 0.2) is 0 Å². The summed E-state index contributed by atoms with van der Waals surface area (Å²) in [6.45, 7) is 9.21. The van der Waals surface area contributed by atoms with Crippen LogP contribution in [0.2, 0.25) is 10.0 Å². The van der Waals surface area contributed by atoms with Crippen LogP contribution in [0.25, 0.3) is 0 Å². The van der Waals surface area contributed by atoms with E-state index in [2.05, 4.69) is 15.5 Å². The van der Waals surface area contributed by atoms with E-state index >= 15 is 0 Å². The Kier molecular flexibility index (Phi) is 7.98. The van der Waals surface area contributed by atoms with E-state index in [1.807, 2.05) is 45.9 Å².